The molecule has 0 bridgehead atoms. The number of ether oxygens (including phenoxy) is 1. The van der Waals surface area contributed by atoms with Crippen LogP contribution < -0.4 is 4.74 Å². The Morgan fingerprint density at radius 3 is 2.83 bits per heavy atom. The molecule has 0 radical (unpaired) electrons. The maximum atomic E-state index is 6.13. The van der Waals surface area contributed by atoms with Gasteiger partial charge in [0.25, 0.3) is 0 Å². The van der Waals surface area contributed by atoms with Crippen molar-refractivity contribution in [3.8, 4) is 5.75 Å². The Hall–Kier alpha value is -1.06. The van der Waals surface area contributed by atoms with Crippen LogP contribution in [0.15, 0.2) is 42.7 Å². The van der Waals surface area contributed by atoms with E-state index in [0.29, 0.717) is 11.6 Å². The monoisotopic (exact) mass is 325 g/mol. The number of para-hydroxylation sites is 1. The number of alkyl halides is 1. The van der Waals surface area contributed by atoms with Crippen molar-refractivity contribution in [1.82, 2.24) is 4.98 Å². The molecule has 18 heavy (non-hydrogen) atoms. The number of rotatable bonds is 5. The number of benzene rings is 1. The maximum absolute atomic E-state index is 6.13. The first-order chi connectivity index (χ1) is 8.81. The van der Waals surface area contributed by atoms with Gasteiger partial charge < -0.3 is 4.74 Å². The van der Waals surface area contributed by atoms with E-state index in [2.05, 4.69) is 20.9 Å². The predicted octanol–water partition coefficient (Wildman–Crippen LogP) is 4.25. The highest BCUT2D eigenvalue weighted by Gasteiger charge is 2.07. The first kappa shape index (κ1) is 13.4. The highest BCUT2D eigenvalue weighted by molar-refractivity contribution is 9.08. The largest absolute Gasteiger partial charge is 0.491 e. The molecule has 0 aliphatic rings. The van der Waals surface area contributed by atoms with Crippen molar-refractivity contribution in [2.24, 2.45) is 0 Å². The van der Waals surface area contributed by atoms with Crippen molar-refractivity contribution in [3.63, 3.8) is 0 Å². The fourth-order valence-corrected chi connectivity index (χ4v) is 2.33. The van der Waals surface area contributed by atoms with E-state index in [4.69, 9.17) is 16.3 Å². The van der Waals surface area contributed by atoms with E-state index >= 15 is 0 Å². The molecule has 0 unspecified atom stereocenters. The minimum Gasteiger partial charge on any atom is -0.491 e. The van der Waals surface area contributed by atoms with Crippen LogP contribution >= 0.6 is 27.5 Å². The Morgan fingerprint density at radius 2 is 2.11 bits per heavy atom. The molecule has 0 amide bonds. The lowest BCUT2D eigenvalue weighted by Gasteiger charge is -2.11. The van der Waals surface area contributed by atoms with Crippen LogP contribution in [0.25, 0.3) is 0 Å². The van der Waals surface area contributed by atoms with Gasteiger partial charge in [-0.2, -0.15) is 0 Å². The summed E-state index contributed by atoms with van der Waals surface area (Å²) in [7, 11) is 0. The lowest BCUT2D eigenvalue weighted by Crippen LogP contribution is -2.03. The van der Waals surface area contributed by atoms with Gasteiger partial charge in [0.15, 0.2) is 0 Å². The van der Waals surface area contributed by atoms with E-state index in [1.165, 1.54) is 0 Å². The molecule has 1 heterocycles. The normalized spacial score (nSPS) is 10.3. The quantitative estimate of drug-likeness (QED) is 0.766. The number of hydrogen-bond donors (Lipinski definition) is 0. The van der Waals surface area contributed by atoms with Crippen molar-refractivity contribution >= 4 is 27.5 Å². The third-order valence-corrected chi connectivity index (χ3v) is 3.45. The Morgan fingerprint density at radius 1 is 1.22 bits per heavy atom. The van der Waals surface area contributed by atoms with Crippen molar-refractivity contribution in [3.05, 3.63) is 58.9 Å². The number of pyridine rings is 1. The summed E-state index contributed by atoms with van der Waals surface area (Å²) in [6.45, 7) is 0.593. The summed E-state index contributed by atoms with van der Waals surface area (Å²) in [6, 6.07) is 9.73. The van der Waals surface area contributed by atoms with E-state index in [-0.39, 0.29) is 0 Å². The number of aromatic nitrogens is 1. The van der Waals surface area contributed by atoms with Gasteiger partial charge in [-0.15, -0.1) is 0 Å². The Kier molecular flexibility index (Phi) is 5.02. The second-order valence-electron chi connectivity index (χ2n) is 3.82. The Labute approximate surface area is 120 Å². The van der Waals surface area contributed by atoms with Gasteiger partial charge in [-0.05, 0) is 17.7 Å². The zero-order chi connectivity index (χ0) is 12.8. The van der Waals surface area contributed by atoms with Crippen LogP contribution in [-0.4, -0.2) is 11.6 Å². The number of hydrogen-bond acceptors (Lipinski definition) is 2. The zero-order valence-corrected chi connectivity index (χ0v) is 12.1. The fraction of sp³-hybridized carbons (Fsp3) is 0.214. The molecular weight excluding hydrogens is 314 g/mol. The van der Waals surface area contributed by atoms with Gasteiger partial charge in [-0.1, -0.05) is 45.7 Å². The van der Waals surface area contributed by atoms with Gasteiger partial charge >= 0.3 is 0 Å². The zero-order valence-electron chi connectivity index (χ0n) is 9.77. The molecule has 0 saturated carbocycles. The van der Waals surface area contributed by atoms with Gasteiger partial charge in [-0.25, -0.2) is 0 Å². The van der Waals surface area contributed by atoms with Gasteiger partial charge in [0.05, 0.1) is 11.6 Å². The Bertz CT molecular complexity index is 504. The molecule has 2 nitrogen and oxygen atoms in total. The lowest BCUT2D eigenvalue weighted by atomic mass is 10.2. The summed E-state index contributed by atoms with van der Waals surface area (Å²) in [4.78, 5) is 4.07. The summed E-state index contributed by atoms with van der Waals surface area (Å²) in [6.07, 6.45) is 4.43. The number of halogens is 2. The van der Waals surface area contributed by atoms with E-state index in [1.807, 2.05) is 36.5 Å². The summed E-state index contributed by atoms with van der Waals surface area (Å²) in [5.74, 6) is 0.764. The van der Waals surface area contributed by atoms with E-state index in [1.54, 1.807) is 6.20 Å². The fourth-order valence-electron chi connectivity index (χ4n) is 1.64. The molecule has 1 aromatic heterocycles. The van der Waals surface area contributed by atoms with E-state index in [9.17, 15) is 0 Å². The molecule has 0 fully saturated rings. The topological polar surface area (TPSA) is 22.1 Å². The molecule has 2 rings (SSSR count). The van der Waals surface area contributed by atoms with Crippen molar-refractivity contribution < 1.29 is 4.74 Å². The van der Waals surface area contributed by atoms with Crippen LogP contribution in [0, 0.1) is 0 Å². The van der Waals surface area contributed by atoms with Gasteiger partial charge in [-0.3, -0.25) is 4.98 Å². The lowest BCUT2D eigenvalue weighted by molar-refractivity contribution is 0.319. The summed E-state index contributed by atoms with van der Waals surface area (Å²) >= 11 is 9.56. The highest BCUT2D eigenvalue weighted by Crippen LogP contribution is 2.30. The highest BCUT2D eigenvalue weighted by atomic mass is 79.9. The molecule has 1 aromatic carbocycles. The summed E-state index contributed by atoms with van der Waals surface area (Å²) in [5, 5.41) is 1.38. The molecule has 0 aliphatic carbocycles. The van der Waals surface area contributed by atoms with Crippen LogP contribution in [0.3, 0.4) is 0 Å². The van der Waals surface area contributed by atoms with Crippen molar-refractivity contribution in [2.75, 3.05) is 6.61 Å². The third-order valence-electron chi connectivity index (χ3n) is 2.55. The van der Waals surface area contributed by atoms with Crippen LogP contribution in [-0.2, 0) is 11.8 Å². The second-order valence-corrected chi connectivity index (χ2v) is 4.79. The smallest absolute Gasteiger partial charge is 0.141 e. The second kappa shape index (κ2) is 6.76. The summed E-state index contributed by atoms with van der Waals surface area (Å²) in [5.41, 5.74) is 2.22. The van der Waals surface area contributed by atoms with Gasteiger partial charge in [0.1, 0.15) is 5.75 Å². The molecule has 0 aliphatic heterocycles. The molecule has 0 saturated heterocycles. The summed E-state index contributed by atoms with van der Waals surface area (Å²) < 4.78 is 5.77. The SMILES string of the molecule is Clc1cccc(CBr)c1OCCc1cccnc1. The number of nitrogens with zero attached hydrogens (tertiary/aromatic N) is 1. The van der Waals surface area contributed by atoms with E-state index < -0.39 is 0 Å². The van der Waals surface area contributed by atoms with Crippen molar-refractivity contribution in [1.29, 1.82) is 0 Å². The molecule has 0 atom stereocenters. The van der Waals surface area contributed by atoms with Gasteiger partial charge in [0.2, 0.25) is 0 Å². The minimum atomic E-state index is 0.593. The molecule has 0 spiro atoms. The third kappa shape index (κ3) is 3.47. The predicted molar refractivity (Wildman–Crippen MR) is 77.5 cm³/mol. The first-order valence-electron chi connectivity index (χ1n) is 5.66. The average molecular weight is 327 g/mol. The Balaban J connectivity index is 1.98. The maximum Gasteiger partial charge on any atom is 0.141 e. The first-order valence-corrected chi connectivity index (χ1v) is 7.16. The minimum absolute atomic E-state index is 0.593. The van der Waals surface area contributed by atoms with Crippen LogP contribution in [0.2, 0.25) is 5.02 Å². The van der Waals surface area contributed by atoms with Crippen LogP contribution in [0.1, 0.15) is 11.1 Å². The molecular formula is C14H13BrClNO. The molecule has 2 aromatic rings. The molecule has 0 N–H and O–H groups in total. The van der Waals surface area contributed by atoms with E-state index in [0.717, 1.165) is 28.6 Å². The van der Waals surface area contributed by atoms with Crippen LogP contribution in [0.5, 0.6) is 5.75 Å². The molecule has 94 valence electrons. The van der Waals surface area contributed by atoms with Crippen molar-refractivity contribution in [2.45, 2.75) is 11.8 Å². The van der Waals surface area contributed by atoms with Gasteiger partial charge in [0, 0.05) is 29.7 Å². The van der Waals surface area contributed by atoms with Crippen LogP contribution in [0.4, 0.5) is 0 Å². The average Bonchev–Trinajstić information content (AvgIpc) is 2.41. The molecule has 4 heteroatoms. The standard InChI is InChI=1S/C14H13BrClNO/c15-9-12-4-1-5-13(16)14(12)18-8-6-11-3-2-7-17-10-11/h1-5,7,10H,6,8-9H2.